The van der Waals surface area contributed by atoms with E-state index in [1.807, 2.05) is 0 Å². The average Bonchev–Trinajstić information content (AvgIpc) is 1.86. The first-order valence-electron chi connectivity index (χ1n) is 1.84. The van der Waals surface area contributed by atoms with Crippen molar-refractivity contribution in [1.29, 1.82) is 0 Å². The van der Waals surface area contributed by atoms with Crippen LogP contribution in [0.3, 0.4) is 0 Å². The van der Waals surface area contributed by atoms with E-state index in [4.69, 9.17) is 0 Å². The quantitative estimate of drug-likeness (QED) is 0.427. The lowest BCUT2D eigenvalue weighted by atomic mass is 10.6. The fourth-order valence-corrected chi connectivity index (χ4v) is 0.384. The third-order valence-electron chi connectivity index (χ3n) is 0.663. The van der Waals surface area contributed by atoms with Gasteiger partial charge in [0.05, 0.1) is 0 Å². The van der Waals surface area contributed by atoms with Gasteiger partial charge in [-0.05, 0) is 0 Å². The largest absolute Gasteiger partial charge is 0.349 e. The molecule has 1 rings (SSSR count). The molecule has 0 unspecified atom stereocenters. The van der Waals surface area contributed by atoms with E-state index in [1.165, 1.54) is 6.08 Å². The Balaban J connectivity index is 2.59. The molecular formula is C4H5NO. The van der Waals surface area contributed by atoms with Gasteiger partial charge in [0.15, 0.2) is 0 Å². The molecule has 6 heavy (non-hydrogen) atoms. The normalized spacial score (nSPS) is 18.3. The van der Waals surface area contributed by atoms with E-state index in [0.29, 0.717) is 6.54 Å². The van der Waals surface area contributed by atoms with Gasteiger partial charge >= 0.3 is 0 Å². The smallest absolute Gasteiger partial charge is 0.243 e. The van der Waals surface area contributed by atoms with Crippen LogP contribution in [0.2, 0.25) is 0 Å². The topological polar surface area (TPSA) is 29.1 Å². The van der Waals surface area contributed by atoms with Crippen LogP contribution in [0, 0.1) is 0 Å². The van der Waals surface area contributed by atoms with Gasteiger partial charge in [0, 0.05) is 12.6 Å². The Morgan fingerprint density at radius 2 is 2.67 bits per heavy atom. The Hall–Kier alpha value is -0.790. The number of nitrogens with one attached hydrogen (secondary N) is 1. The highest BCUT2D eigenvalue weighted by molar-refractivity contribution is 5.89. The van der Waals surface area contributed by atoms with Crippen LogP contribution < -0.4 is 5.32 Å². The summed E-state index contributed by atoms with van der Waals surface area (Å²) in [4.78, 5) is 10.0. The molecule has 1 aliphatic heterocycles. The standard InChI is InChI=1S/C4H5NO/c6-4-2-1-3-5-4/h1-2H,3H2,(H,5,6). The monoisotopic (exact) mass is 83.0 g/mol. The Bertz CT molecular complexity index is 95.7. The average molecular weight is 83.1 g/mol. The Kier molecular flexibility index (Phi) is 0.638. The second-order valence-corrected chi connectivity index (χ2v) is 1.15. The molecule has 0 aromatic heterocycles. The van der Waals surface area contributed by atoms with Crippen LogP contribution in [0.25, 0.3) is 0 Å². The van der Waals surface area contributed by atoms with Crippen molar-refractivity contribution in [3.8, 4) is 0 Å². The van der Waals surface area contributed by atoms with Gasteiger partial charge in [0.25, 0.3) is 0 Å². The molecule has 0 fully saturated rings. The van der Waals surface area contributed by atoms with Crippen LogP contribution in [0.4, 0.5) is 0 Å². The summed E-state index contributed by atoms with van der Waals surface area (Å²) in [6, 6.07) is 0. The Morgan fingerprint density at radius 1 is 1.83 bits per heavy atom. The van der Waals surface area contributed by atoms with Crippen molar-refractivity contribution in [2.75, 3.05) is 6.54 Å². The summed E-state index contributed by atoms with van der Waals surface area (Å²) < 4.78 is 0. The lowest BCUT2D eigenvalue weighted by Gasteiger charge is -1.80. The first-order valence-corrected chi connectivity index (χ1v) is 1.84. The molecule has 0 saturated heterocycles. The van der Waals surface area contributed by atoms with Gasteiger partial charge in [-0.1, -0.05) is 6.08 Å². The summed E-state index contributed by atoms with van der Waals surface area (Å²) in [5.74, 6) is 0.0231. The van der Waals surface area contributed by atoms with E-state index in [0.717, 1.165) is 0 Å². The lowest BCUT2D eigenvalue weighted by Crippen LogP contribution is -2.13. The number of rotatable bonds is 0. The molecule has 1 amide bonds. The van der Waals surface area contributed by atoms with Crippen molar-refractivity contribution < 1.29 is 4.79 Å². The predicted molar refractivity (Wildman–Crippen MR) is 22.1 cm³/mol. The predicted octanol–water partition coefficient (Wildman–Crippen LogP) is -0.328. The zero-order valence-electron chi connectivity index (χ0n) is 3.27. The fourth-order valence-electron chi connectivity index (χ4n) is 0.384. The highest BCUT2D eigenvalue weighted by Gasteiger charge is 1.95. The molecular weight excluding hydrogens is 78.0 g/mol. The highest BCUT2D eigenvalue weighted by atomic mass is 16.1. The molecule has 0 aliphatic carbocycles. The van der Waals surface area contributed by atoms with Gasteiger partial charge in [-0.15, -0.1) is 0 Å². The minimum Gasteiger partial charge on any atom is -0.349 e. The molecule has 2 heteroatoms. The van der Waals surface area contributed by atoms with Crippen LogP contribution in [0.15, 0.2) is 12.2 Å². The third kappa shape index (κ3) is 0.407. The first-order chi connectivity index (χ1) is 2.89. The summed E-state index contributed by atoms with van der Waals surface area (Å²) in [6.45, 7) is 0.707. The van der Waals surface area contributed by atoms with Gasteiger partial charge in [-0.2, -0.15) is 0 Å². The molecule has 0 atom stereocenters. The Labute approximate surface area is 35.9 Å². The van der Waals surface area contributed by atoms with Crippen LogP contribution in [-0.4, -0.2) is 12.5 Å². The number of hydrogen-bond donors (Lipinski definition) is 1. The molecule has 0 bridgehead atoms. The molecule has 32 valence electrons. The summed E-state index contributed by atoms with van der Waals surface area (Å²) in [6.07, 6.45) is 3.32. The van der Waals surface area contributed by atoms with Gasteiger partial charge in [-0.3, -0.25) is 4.79 Å². The van der Waals surface area contributed by atoms with Gasteiger partial charge < -0.3 is 5.32 Å². The van der Waals surface area contributed by atoms with Crippen molar-refractivity contribution in [1.82, 2.24) is 5.32 Å². The highest BCUT2D eigenvalue weighted by Crippen LogP contribution is 1.79. The fraction of sp³-hybridized carbons (Fsp3) is 0.250. The molecule has 0 saturated carbocycles. The van der Waals surface area contributed by atoms with Crippen LogP contribution in [0.5, 0.6) is 0 Å². The van der Waals surface area contributed by atoms with Crippen LogP contribution in [-0.2, 0) is 4.79 Å². The molecule has 0 spiro atoms. The van der Waals surface area contributed by atoms with E-state index in [2.05, 4.69) is 5.32 Å². The van der Waals surface area contributed by atoms with Gasteiger partial charge in [0.1, 0.15) is 0 Å². The maximum absolute atomic E-state index is 10.0. The second-order valence-electron chi connectivity index (χ2n) is 1.15. The number of carbonyl (C=O) groups excluding carboxylic acids is 1. The minimum atomic E-state index is 0.0231. The van der Waals surface area contributed by atoms with E-state index in [1.54, 1.807) is 6.08 Å². The van der Waals surface area contributed by atoms with Crippen LogP contribution >= 0.6 is 0 Å². The Morgan fingerprint density at radius 3 is 2.83 bits per heavy atom. The minimum absolute atomic E-state index is 0.0231. The van der Waals surface area contributed by atoms with E-state index in [-0.39, 0.29) is 5.91 Å². The lowest BCUT2D eigenvalue weighted by molar-refractivity contribution is -0.115. The number of amides is 1. The summed E-state index contributed by atoms with van der Waals surface area (Å²) in [7, 11) is 0. The van der Waals surface area contributed by atoms with E-state index < -0.39 is 0 Å². The van der Waals surface area contributed by atoms with Crippen LogP contribution in [0.1, 0.15) is 0 Å². The molecule has 1 N–H and O–H groups in total. The summed E-state index contributed by atoms with van der Waals surface area (Å²) >= 11 is 0. The summed E-state index contributed by atoms with van der Waals surface area (Å²) in [5, 5.41) is 2.57. The molecule has 0 aromatic rings. The van der Waals surface area contributed by atoms with Crippen molar-refractivity contribution in [2.45, 2.75) is 0 Å². The maximum Gasteiger partial charge on any atom is 0.243 e. The second kappa shape index (κ2) is 1.12. The van der Waals surface area contributed by atoms with Gasteiger partial charge in [0.2, 0.25) is 5.91 Å². The van der Waals surface area contributed by atoms with Crippen molar-refractivity contribution in [3.63, 3.8) is 0 Å². The number of carbonyl (C=O) groups is 1. The summed E-state index contributed by atoms with van der Waals surface area (Å²) in [5.41, 5.74) is 0. The van der Waals surface area contributed by atoms with E-state index >= 15 is 0 Å². The molecule has 1 aliphatic rings. The van der Waals surface area contributed by atoms with Crippen molar-refractivity contribution in [2.24, 2.45) is 0 Å². The third-order valence-corrected chi connectivity index (χ3v) is 0.663. The zero-order valence-corrected chi connectivity index (χ0v) is 3.27. The maximum atomic E-state index is 10.0. The molecule has 0 radical (unpaired) electrons. The first kappa shape index (κ1) is 3.40. The molecule has 0 aromatic carbocycles. The van der Waals surface area contributed by atoms with E-state index in [9.17, 15) is 4.79 Å². The molecule has 2 nitrogen and oxygen atoms in total. The SMILES string of the molecule is O=C1C=CCN1. The number of hydrogen-bond acceptors (Lipinski definition) is 1. The molecule has 1 heterocycles. The zero-order chi connectivity index (χ0) is 4.41. The van der Waals surface area contributed by atoms with Gasteiger partial charge in [-0.25, -0.2) is 0 Å². The van der Waals surface area contributed by atoms with Crippen molar-refractivity contribution >= 4 is 5.91 Å². The van der Waals surface area contributed by atoms with Crippen molar-refractivity contribution in [3.05, 3.63) is 12.2 Å².